The highest BCUT2D eigenvalue weighted by Gasteiger charge is 1.97. The van der Waals surface area contributed by atoms with Crippen molar-refractivity contribution >= 4 is 24.2 Å². The van der Waals surface area contributed by atoms with Gasteiger partial charge in [-0.05, 0) is 17.7 Å². The van der Waals surface area contributed by atoms with Crippen LogP contribution in [-0.2, 0) is 6.61 Å². The third-order valence-corrected chi connectivity index (χ3v) is 2.23. The Morgan fingerprint density at radius 1 is 1.43 bits per heavy atom. The highest BCUT2D eigenvalue weighted by molar-refractivity contribution is 7.80. The SMILES string of the molecule is OCc1ccc(Cl)c(C#CCCS)c1. The lowest BCUT2D eigenvalue weighted by Crippen LogP contribution is -1.85. The van der Waals surface area contributed by atoms with E-state index in [1.165, 1.54) is 0 Å². The summed E-state index contributed by atoms with van der Waals surface area (Å²) in [6, 6.07) is 5.33. The molecule has 0 spiro atoms. The van der Waals surface area contributed by atoms with E-state index in [1.807, 2.05) is 0 Å². The Bertz CT molecular complexity index is 365. The quantitative estimate of drug-likeness (QED) is 0.587. The molecule has 0 saturated heterocycles. The summed E-state index contributed by atoms with van der Waals surface area (Å²) in [5.74, 6) is 6.64. The number of benzene rings is 1. The molecule has 0 unspecified atom stereocenters. The first-order valence-corrected chi connectivity index (χ1v) is 5.28. The molecule has 0 heterocycles. The maximum atomic E-state index is 8.92. The minimum absolute atomic E-state index is 0.0123. The van der Waals surface area contributed by atoms with Gasteiger partial charge in [0.15, 0.2) is 0 Å². The second kappa shape index (κ2) is 5.98. The summed E-state index contributed by atoms with van der Waals surface area (Å²) in [5.41, 5.74) is 1.59. The highest BCUT2D eigenvalue weighted by atomic mass is 35.5. The Labute approximate surface area is 94.5 Å². The van der Waals surface area contributed by atoms with E-state index in [0.29, 0.717) is 5.02 Å². The van der Waals surface area contributed by atoms with Gasteiger partial charge in [-0.25, -0.2) is 0 Å². The van der Waals surface area contributed by atoms with Crippen molar-refractivity contribution in [3.05, 3.63) is 34.3 Å². The van der Waals surface area contributed by atoms with Crippen LogP contribution >= 0.6 is 24.2 Å². The molecule has 0 fully saturated rings. The van der Waals surface area contributed by atoms with Crippen LogP contribution in [0.4, 0.5) is 0 Å². The van der Waals surface area contributed by atoms with Crippen molar-refractivity contribution in [1.29, 1.82) is 0 Å². The van der Waals surface area contributed by atoms with Crippen molar-refractivity contribution in [2.75, 3.05) is 5.75 Å². The predicted octanol–water partition coefficient (Wildman–Crippen LogP) is 2.50. The monoisotopic (exact) mass is 226 g/mol. The second-order valence-corrected chi connectivity index (χ2v) is 3.60. The molecule has 3 heteroatoms. The average molecular weight is 227 g/mol. The summed E-state index contributed by atoms with van der Waals surface area (Å²) in [6.45, 7) is 0.0123. The third kappa shape index (κ3) is 3.26. The van der Waals surface area contributed by atoms with Gasteiger partial charge in [0.2, 0.25) is 0 Å². The van der Waals surface area contributed by atoms with Crippen molar-refractivity contribution in [2.24, 2.45) is 0 Å². The molecule has 1 aromatic carbocycles. The lowest BCUT2D eigenvalue weighted by atomic mass is 10.1. The average Bonchev–Trinajstić information content (AvgIpc) is 2.21. The minimum atomic E-state index is 0.0123. The molecule has 0 amide bonds. The Hall–Kier alpha value is -0.620. The van der Waals surface area contributed by atoms with Crippen LogP contribution < -0.4 is 0 Å². The molecule has 74 valence electrons. The maximum Gasteiger partial charge on any atom is 0.0682 e. The van der Waals surface area contributed by atoms with Gasteiger partial charge in [-0.1, -0.05) is 29.5 Å². The molecule has 0 saturated carbocycles. The number of thiol groups is 1. The van der Waals surface area contributed by atoms with Crippen molar-refractivity contribution < 1.29 is 5.11 Å². The van der Waals surface area contributed by atoms with E-state index in [1.54, 1.807) is 18.2 Å². The molecule has 0 aliphatic heterocycles. The predicted molar refractivity (Wildman–Crippen MR) is 62.7 cm³/mol. The third-order valence-electron chi connectivity index (χ3n) is 1.67. The first kappa shape index (κ1) is 11.5. The van der Waals surface area contributed by atoms with Gasteiger partial charge in [0, 0.05) is 17.7 Å². The molecule has 1 rings (SSSR count). The summed E-state index contributed by atoms with van der Waals surface area (Å²) < 4.78 is 0. The van der Waals surface area contributed by atoms with Crippen LogP contribution in [0.25, 0.3) is 0 Å². The van der Waals surface area contributed by atoms with Crippen molar-refractivity contribution in [3.63, 3.8) is 0 Å². The van der Waals surface area contributed by atoms with Crippen LogP contribution in [0, 0.1) is 11.8 Å². The van der Waals surface area contributed by atoms with Gasteiger partial charge in [0.25, 0.3) is 0 Å². The highest BCUT2D eigenvalue weighted by Crippen LogP contribution is 2.16. The van der Waals surface area contributed by atoms with E-state index in [4.69, 9.17) is 16.7 Å². The van der Waals surface area contributed by atoms with Gasteiger partial charge in [-0.15, -0.1) is 0 Å². The molecule has 1 aromatic rings. The molecule has 1 N–H and O–H groups in total. The van der Waals surface area contributed by atoms with Gasteiger partial charge in [-0.2, -0.15) is 12.6 Å². The zero-order chi connectivity index (χ0) is 10.4. The number of rotatable bonds is 2. The van der Waals surface area contributed by atoms with Crippen LogP contribution in [0.1, 0.15) is 17.5 Å². The Balaban J connectivity index is 2.91. The van der Waals surface area contributed by atoms with Crippen LogP contribution in [0.3, 0.4) is 0 Å². The Kier molecular flexibility index (Phi) is 4.89. The second-order valence-electron chi connectivity index (χ2n) is 2.75. The van der Waals surface area contributed by atoms with E-state index in [-0.39, 0.29) is 6.61 Å². The largest absolute Gasteiger partial charge is 0.392 e. The fourth-order valence-electron chi connectivity index (χ4n) is 0.980. The maximum absolute atomic E-state index is 8.92. The summed E-state index contributed by atoms with van der Waals surface area (Å²) >= 11 is 9.99. The smallest absolute Gasteiger partial charge is 0.0682 e. The first-order valence-electron chi connectivity index (χ1n) is 4.27. The van der Waals surface area contributed by atoms with E-state index >= 15 is 0 Å². The molecule has 1 nitrogen and oxygen atoms in total. The van der Waals surface area contributed by atoms with E-state index in [2.05, 4.69) is 24.5 Å². The number of halogens is 1. The number of hydrogen-bond acceptors (Lipinski definition) is 2. The Morgan fingerprint density at radius 2 is 2.21 bits per heavy atom. The summed E-state index contributed by atoms with van der Waals surface area (Å²) in [5, 5.41) is 9.54. The van der Waals surface area contributed by atoms with Crippen molar-refractivity contribution in [1.82, 2.24) is 0 Å². The number of hydrogen-bond donors (Lipinski definition) is 2. The van der Waals surface area contributed by atoms with Crippen LogP contribution in [0.2, 0.25) is 5.02 Å². The Morgan fingerprint density at radius 3 is 2.86 bits per heavy atom. The lowest BCUT2D eigenvalue weighted by Gasteiger charge is -1.99. The molecular weight excluding hydrogens is 216 g/mol. The number of aliphatic hydroxyl groups is 1. The van der Waals surface area contributed by atoms with Gasteiger partial charge < -0.3 is 5.11 Å². The molecule has 0 aliphatic carbocycles. The van der Waals surface area contributed by atoms with Crippen LogP contribution in [0.5, 0.6) is 0 Å². The molecule has 0 atom stereocenters. The van der Waals surface area contributed by atoms with Gasteiger partial charge in [0.1, 0.15) is 0 Å². The topological polar surface area (TPSA) is 20.2 Å². The molecule has 0 aromatic heterocycles. The van der Waals surface area contributed by atoms with Crippen molar-refractivity contribution in [3.8, 4) is 11.8 Å². The molecule has 0 radical (unpaired) electrons. The van der Waals surface area contributed by atoms with Crippen molar-refractivity contribution in [2.45, 2.75) is 13.0 Å². The first-order chi connectivity index (χ1) is 6.77. The van der Waals surface area contributed by atoms with Gasteiger partial charge in [0.05, 0.1) is 11.6 Å². The lowest BCUT2D eigenvalue weighted by molar-refractivity contribution is 0.282. The van der Waals surface area contributed by atoms with Gasteiger partial charge >= 0.3 is 0 Å². The summed E-state index contributed by atoms with van der Waals surface area (Å²) in [7, 11) is 0. The normalized spacial score (nSPS) is 9.36. The summed E-state index contributed by atoms with van der Waals surface area (Å²) in [4.78, 5) is 0. The molecular formula is C11H11ClOS. The van der Waals surface area contributed by atoms with Crippen LogP contribution in [0.15, 0.2) is 18.2 Å². The van der Waals surface area contributed by atoms with Crippen LogP contribution in [-0.4, -0.2) is 10.9 Å². The molecule has 0 aliphatic rings. The fourth-order valence-corrected chi connectivity index (χ4v) is 1.26. The van der Waals surface area contributed by atoms with E-state index in [0.717, 1.165) is 23.3 Å². The molecule has 14 heavy (non-hydrogen) atoms. The standard InChI is InChI=1S/C11H11ClOS/c12-11-5-4-9(8-13)7-10(11)3-1-2-6-14/h4-5,7,13-14H,2,6,8H2. The zero-order valence-electron chi connectivity index (χ0n) is 7.63. The summed E-state index contributed by atoms with van der Waals surface area (Å²) in [6.07, 6.45) is 0.739. The van der Waals surface area contributed by atoms with E-state index in [9.17, 15) is 0 Å². The fraction of sp³-hybridized carbons (Fsp3) is 0.273. The molecule has 0 bridgehead atoms. The van der Waals surface area contributed by atoms with Gasteiger partial charge in [-0.3, -0.25) is 0 Å². The zero-order valence-corrected chi connectivity index (χ0v) is 9.28. The van der Waals surface area contributed by atoms with E-state index < -0.39 is 0 Å². The minimum Gasteiger partial charge on any atom is -0.392 e. The number of aliphatic hydroxyl groups excluding tert-OH is 1.